The van der Waals surface area contributed by atoms with Crippen molar-refractivity contribution in [2.24, 2.45) is 5.92 Å². The van der Waals surface area contributed by atoms with Gasteiger partial charge in [0.1, 0.15) is 5.82 Å². The van der Waals surface area contributed by atoms with Crippen LogP contribution in [0.5, 0.6) is 0 Å². The highest BCUT2D eigenvalue weighted by molar-refractivity contribution is 6.10. The molecule has 0 amide bonds. The third-order valence-corrected chi connectivity index (χ3v) is 3.98. The Labute approximate surface area is 146 Å². The highest BCUT2D eigenvalue weighted by Crippen LogP contribution is 2.21. The van der Waals surface area contributed by atoms with Crippen LogP contribution in [0.4, 0.5) is 17.2 Å². The van der Waals surface area contributed by atoms with Gasteiger partial charge in [-0.15, -0.1) is 0 Å². The number of hydrogen-bond donors (Lipinski definition) is 4. The highest BCUT2D eigenvalue weighted by atomic mass is 16.4. The van der Waals surface area contributed by atoms with Crippen LogP contribution in [0.1, 0.15) is 29.3 Å². The predicted octanol–water partition coefficient (Wildman–Crippen LogP) is 2.46. The fourth-order valence-corrected chi connectivity index (χ4v) is 2.40. The van der Waals surface area contributed by atoms with Gasteiger partial charge < -0.3 is 21.5 Å². The lowest BCUT2D eigenvalue weighted by Gasteiger charge is -2.12. The minimum absolute atomic E-state index is 0.176. The summed E-state index contributed by atoms with van der Waals surface area (Å²) in [5.74, 6) is -1.08. The maximum absolute atomic E-state index is 12.6. The average molecular weight is 342 g/mol. The molecular formula is C18H22N4O3. The Morgan fingerprint density at radius 2 is 1.96 bits per heavy atom. The minimum Gasteiger partial charge on any atom is -0.481 e. The van der Waals surface area contributed by atoms with Crippen LogP contribution < -0.4 is 16.4 Å². The van der Waals surface area contributed by atoms with E-state index in [2.05, 4.69) is 15.6 Å². The van der Waals surface area contributed by atoms with Gasteiger partial charge in [-0.1, -0.05) is 6.92 Å². The van der Waals surface area contributed by atoms with Crippen molar-refractivity contribution in [3.8, 4) is 0 Å². The van der Waals surface area contributed by atoms with Crippen LogP contribution in [0.3, 0.4) is 0 Å². The van der Waals surface area contributed by atoms with Crippen molar-refractivity contribution >= 4 is 28.9 Å². The van der Waals surface area contributed by atoms with Gasteiger partial charge in [-0.05, 0) is 36.8 Å². The number of carbonyl (C=O) groups is 2. The number of rotatable bonds is 8. The van der Waals surface area contributed by atoms with Crippen LogP contribution in [0.25, 0.3) is 0 Å². The van der Waals surface area contributed by atoms with Crippen molar-refractivity contribution in [1.29, 1.82) is 0 Å². The number of nitrogens with zero attached hydrogens (tertiary/aromatic N) is 1. The lowest BCUT2D eigenvalue weighted by Crippen LogP contribution is -2.22. The first kappa shape index (κ1) is 18.3. The quantitative estimate of drug-likeness (QED) is 0.430. The number of aromatic nitrogens is 1. The smallest absolute Gasteiger partial charge is 0.308 e. The fourth-order valence-electron chi connectivity index (χ4n) is 2.40. The summed E-state index contributed by atoms with van der Waals surface area (Å²) >= 11 is 0. The second-order valence-corrected chi connectivity index (χ2v) is 5.64. The first-order chi connectivity index (χ1) is 12.0. The third-order valence-electron chi connectivity index (χ3n) is 3.98. The highest BCUT2D eigenvalue weighted by Gasteiger charge is 2.16. The number of carboxylic acids is 1. The molecule has 7 nitrogen and oxygen atoms in total. The van der Waals surface area contributed by atoms with Gasteiger partial charge >= 0.3 is 5.97 Å². The molecule has 0 aliphatic carbocycles. The van der Waals surface area contributed by atoms with Crippen molar-refractivity contribution in [1.82, 2.24) is 4.98 Å². The van der Waals surface area contributed by atoms with E-state index in [9.17, 15) is 9.59 Å². The molecule has 5 N–H and O–H groups in total. The van der Waals surface area contributed by atoms with Crippen molar-refractivity contribution in [2.45, 2.75) is 13.3 Å². The molecule has 2 aromatic rings. The van der Waals surface area contributed by atoms with Gasteiger partial charge in [-0.2, -0.15) is 0 Å². The summed E-state index contributed by atoms with van der Waals surface area (Å²) < 4.78 is 0. The van der Waals surface area contributed by atoms with Crippen LogP contribution in [0, 0.1) is 5.92 Å². The minimum atomic E-state index is -0.859. The molecule has 0 aliphatic rings. The summed E-state index contributed by atoms with van der Waals surface area (Å²) in [6.45, 7) is 2.06. The molecule has 25 heavy (non-hydrogen) atoms. The van der Waals surface area contributed by atoms with Crippen LogP contribution in [0.15, 0.2) is 36.5 Å². The molecule has 0 fully saturated rings. The molecular weight excluding hydrogens is 320 g/mol. The van der Waals surface area contributed by atoms with E-state index >= 15 is 0 Å². The number of carboxylic acid groups (broad SMARTS) is 1. The first-order valence-electron chi connectivity index (χ1n) is 8.01. The monoisotopic (exact) mass is 342 g/mol. The lowest BCUT2D eigenvalue weighted by atomic mass is 10.0. The van der Waals surface area contributed by atoms with E-state index in [-0.39, 0.29) is 12.3 Å². The standard InChI is InChI=1S/C18H22N4O3/c1-3-11(18(24)25)10-22-16-9-13(6-7-21-16)17(23)12-4-5-15(20-2)14(19)8-12/h4-9,11,20H,3,10,19H2,1-2H3,(H,21,22)(H,24,25). The zero-order valence-electron chi connectivity index (χ0n) is 14.2. The molecule has 0 saturated carbocycles. The predicted molar refractivity (Wildman–Crippen MR) is 98.0 cm³/mol. The van der Waals surface area contributed by atoms with E-state index in [1.165, 1.54) is 6.20 Å². The van der Waals surface area contributed by atoms with E-state index in [0.717, 1.165) is 5.69 Å². The molecule has 0 saturated heterocycles. The van der Waals surface area contributed by atoms with Gasteiger partial charge in [-0.3, -0.25) is 9.59 Å². The second kappa shape index (κ2) is 8.14. The van der Waals surface area contributed by atoms with Crippen molar-refractivity contribution in [3.05, 3.63) is 47.7 Å². The van der Waals surface area contributed by atoms with Gasteiger partial charge in [0, 0.05) is 30.9 Å². The molecule has 1 atom stereocenters. The van der Waals surface area contributed by atoms with Gasteiger partial charge in [0.2, 0.25) is 0 Å². The van der Waals surface area contributed by atoms with Crippen LogP contribution in [0.2, 0.25) is 0 Å². The van der Waals surface area contributed by atoms with Gasteiger partial charge in [0.05, 0.1) is 17.3 Å². The number of ketones is 1. The fraction of sp³-hybridized carbons (Fsp3) is 0.278. The van der Waals surface area contributed by atoms with E-state index in [0.29, 0.717) is 29.1 Å². The Bertz CT molecular complexity index is 777. The number of benzene rings is 1. The van der Waals surface area contributed by atoms with E-state index in [1.54, 1.807) is 37.4 Å². The number of nitrogen functional groups attached to an aromatic ring is 1. The number of nitrogens with one attached hydrogen (secondary N) is 2. The zero-order valence-corrected chi connectivity index (χ0v) is 14.2. The summed E-state index contributed by atoms with van der Waals surface area (Å²) in [6, 6.07) is 8.31. The molecule has 1 heterocycles. The topological polar surface area (TPSA) is 117 Å². The van der Waals surface area contributed by atoms with Gasteiger partial charge in [0.15, 0.2) is 5.78 Å². The molecule has 2 rings (SSSR count). The molecule has 1 unspecified atom stereocenters. The number of hydrogen-bond acceptors (Lipinski definition) is 6. The maximum Gasteiger partial charge on any atom is 0.308 e. The number of nitrogens with two attached hydrogens (primary N) is 1. The van der Waals surface area contributed by atoms with E-state index in [1.807, 2.05) is 6.92 Å². The van der Waals surface area contributed by atoms with E-state index in [4.69, 9.17) is 10.8 Å². The molecule has 1 aromatic carbocycles. The normalized spacial score (nSPS) is 11.6. The zero-order chi connectivity index (χ0) is 18.4. The number of aliphatic carboxylic acids is 1. The molecule has 1 aromatic heterocycles. The SMILES string of the molecule is CCC(CNc1cc(C(=O)c2ccc(NC)c(N)c2)ccn1)C(=O)O. The summed E-state index contributed by atoms with van der Waals surface area (Å²) in [6.07, 6.45) is 2.03. The second-order valence-electron chi connectivity index (χ2n) is 5.64. The summed E-state index contributed by atoms with van der Waals surface area (Å²) in [7, 11) is 1.76. The van der Waals surface area contributed by atoms with Crippen molar-refractivity contribution in [2.75, 3.05) is 30.0 Å². The van der Waals surface area contributed by atoms with Crippen molar-refractivity contribution in [3.63, 3.8) is 0 Å². The molecule has 0 aliphatic heterocycles. The molecule has 0 bridgehead atoms. The largest absolute Gasteiger partial charge is 0.481 e. The summed E-state index contributed by atoms with van der Waals surface area (Å²) in [4.78, 5) is 27.8. The Kier molecular flexibility index (Phi) is 5.94. The molecule has 132 valence electrons. The van der Waals surface area contributed by atoms with Crippen LogP contribution >= 0.6 is 0 Å². The Morgan fingerprint density at radius 1 is 1.24 bits per heavy atom. The molecule has 7 heteroatoms. The third kappa shape index (κ3) is 4.47. The average Bonchev–Trinajstić information content (AvgIpc) is 2.61. The number of pyridine rings is 1. The molecule has 0 radical (unpaired) electrons. The van der Waals surface area contributed by atoms with Crippen LogP contribution in [-0.4, -0.2) is 35.4 Å². The first-order valence-corrected chi connectivity index (χ1v) is 8.01. The number of carbonyl (C=O) groups excluding carboxylic acids is 1. The Hall–Kier alpha value is -3.09. The van der Waals surface area contributed by atoms with Crippen molar-refractivity contribution < 1.29 is 14.7 Å². The Balaban J connectivity index is 2.16. The lowest BCUT2D eigenvalue weighted by molar-refractivity contribution is -0.141. The van der Waals surface area contributed by atoms with Gasteiger partial charge in [0.25, 0.3) is 0 Å². The van der Waals surface area contributed by atoms with Gasteiger partial charge in [-0.25, -0.2) is 4.98 Å². The summed E-state index contributed by atoms with van der Waals surface area (Å²) in [5, 5.41) is 15.0. The van der Waals surface area contributed by atoms with E-state index < -0.39 is 11.9 Å². The molecule has 0 spiro atoms. The summed E-state index contributed by atoms with van der Waals surface area (Å²) in [5.41, 5.74) is 8.09. The Morgan fingerprint density at radius 3 is 2.56 bits per heavy atom. The maximum atomic E-state index is 12.6. The number of anilines is 3. The van der Waals surface area contributed by atoms with Crippen LogP contribution in [-0.2, 0) is 4.79 Å².